The van der Waals surface area contributed by atoms with Gasteiger partial charge in [0.25, 0.3) is 0 Å². The van der Waals surface area contributed by atoms with Crippen LogP contribution in [0.5, 0.6) is 0 Å². The summed E-state index contributed by atoms with van der Waals surface area (Å²) >= 11 is 0. The van der Waals surface area contributed by atoms with E-state index >= 15 is 0 Å². The molecular weight excluding hydrogens is 144 g/mol. The topological polar surface area (TPSA) is 60.7 Å². The molecule has 0 saturated heterocycles. The maximum Gasteiger partial charge on any atom is 0.0901 e. The van der Waals surface area contributed by atoms with Crippen LogP contribution in [0.4, 0.5) is 0 Å². The predicted octanol–water partition coefficient (Wildman–Crippen LogP) is 0.281. The molecule has 0 rings (SSSR count). The highest BCUT2D eigenvalue weighted by atomic mass is 16.3. The van der Waals surface area contributed by atoms with Gasteiger partial charge in [-0.3, -0.25) is 0 Å². The zero-order valence-electron chi connectivity index (χ0n) is 7.25. The van der Waals surface area contributed by atoms with Crippen molar-refractivity contribution in [3.63, 3.8) is 0 Å². The molecule has 3 N–H and O–H groups in total. The Morgan fingerprint density at radius 1 is 1.27 bits per heavy atom. The summed E-state index contributed by atoms with van der Waals surface area (Å²) in [5.41, 5.74) is -1.01. The van der Waals surface area contributed by atoms with Gasteiger partial charge < -0.3 is 15.3 Å². The molecule has 0 heterocycles. The van der Waals surface area contributed by atoms with Crippen LogP contribution in [0.15, 0.2) is 0 Å². The molecule has 0 aliphatic rings. The molecule has 0 bridgehead atoms. The minimum Gasteiger partial charge on any atom is -0.396 e. The molecule has 0 radical (unpaired) electrons. The average Bonchev–Trinajstić information content (AvgIpc) is 2.03. The lowest BCUT2D eigenvalue weighted by atomic mass is 9.89. The van der Waals surface area contributed by atoms with Gasteiger partial charge in [-0.1, -0.05) is 13.8 Å². The normalized spacial score (nSPS) is 15.0. The molecule has 3 nitrogen and oxygen atoms in total. The fourth-order valence-electron chi connectivity index (χ4n) is 1.11. The SMILES string of the molecule is CCC(O)(CC)[C@H](O)CCO. The van der Waals surface area contributed by atoms with E-state index in [2.05, 4.69) is 0 Å². The van der Waals surface area contributed by atoms with E-state index in [0.717, 1.165) is 0 Å². The molecule has 68 valence electrons. The standard InChI is InChI=1S/C8H18O3/c1-3-8(11,4-2)7(10)5-6-9/h7,9-11H,3-6H2,1-2H3/t7-/m1/s1. The van der Waals surface area contributed by atoms with Crippen LogP contribution in [-0.2, 0) is 0 Å². The number of hydrogen-bond acceptors (Lipinski definition) is 3. The third-order valence-electron chi connectivity index (χ3n) is 2.25. The van der Waals surface area contributed by atoms with Gasteiger partial charge >= 0.3 is 0 Å². The smallest absolute Gasteiger partial charge is 0.0901 e. The summed E-state index contributed by atoms with van der Waals surface area (Å²) in [6.07, 6.45) is 0.482. The lowest BCUT2D eigenvalue weighted by Crippen LogP contribution is -2.41. The van der Waals surface area contributed by atoms with Crippen molar-refractivity contribution < 1.29 is 15.3 Å². The molecule has 0 spiro atoms. The maximum atomic E-state index is 9.67. The van der Waals surface area contributed by atoms with Crippen molar-refractivity contribution in [1.29, 1.82) is 0 Å². The van der Waals surface area contributed by atoms with Gasteiger partial charge in [0, 0.05) is 6.61 Å². The monoisotopic (exact) mass is 162 g/mol. The quantitative estimate of drug-likeness (QED) is 0.544. The zero-order valence-corrected chi connectivity index (χ0v) is 7.25. The van der Waals surface area contributed by atoms with Crippen LogP contribution < -0.4 is 0 Å². The highest BCUT2D eigenvalue weighted by Gasteiger charge is 2.30. The Hall–Kier alpha value is -0.120. The third kappa shape index (κ3) is 2.77. The van der Waals surface area contributed by atoms with E-state index in [1.807, 2.05) is 13.8 Å². The van der Waals surface area contributed by atoms with Crippen molar-refractivity contribution in [1.82, 2.24) is 0 Å². The summed E-state index contributed by atoms with van der Waals surface area (Å²) in [6, 6.07) is 0. The van der Waals surface area contributed by atoms with Crippen LogP contribution in [0.25, 0.3) is 0 Å². The predicted molar refractivity (Wildman–Crippen MR) is 43.2 cm³/mol. The van der Waals surface area contributed by atoms with Crippen LogP contribution in [0.3, 0.4) is 0 Å². The van der Waals surface area contributed by atoms with Crippen molar-refractivity contribution in [3.8, 4) is 0 Å². The second-order valence-electron chi connectivity index (χ2n) is 2.84. The first-order valence-electron chi connectivity index (χ1n) is 4.12. The van der Waals surface area contributed by atoms with Gasteiger partial charge in [0.2, 0.25) is 0 Å². The summed E-state index contributed by atoms with van der Waals surface area (Å²) in [6.45, 7) is 3.57. The largest absolute Gasteiger partial charge is 0.396 e. The van der Waals surface area contributed by atoms with Gasteiger partial charge in [-0.2, -0.15) is 0 Å². The van der Waals surface area contributed by atoms with Crippen molar-refractivity contribution >= 4 is 0 Å². The van der Waals surface area contributed by atoms with E-state index in [0.29, 0.717) is 12.8 Å². The van der Waals surface area contributed by atoms with Crippen LogP contribution in [-0.4, -0.2) is 33.6 Å². The first kappa shape index (κ1) is 10.9. The van der Waals surface area contributed by atoms with Gasteiger partial charge in [-0.25, -0.2) is 0 Å². The molecule has 0 saturated carbocycles. The van der Waals surface area contributed by atoms with Crippen molar-refractivity contribution in [2.45, 2.75) is 44.8 Å². The van der Waals surface area contributed by atoms with Gasteiger partial charge in [-0.05, 0) is 19.3 Å². The van der Waals surface area contributed by atoms with Crippen molar-refractivity contribution in [2.24, 2.45) is 0 Å². The molecular formula is C8H18O3. The van der Waals surface area contributed by atoms with Gasteiger partial charge in [0.05, 0.1) is 11.7 Å². The number of aliphatic hydroxyl groups is 3. The Labute approximate surface area is 67.7 Å². The summed E-state index contributed by atoms with van der Waals surface area (Å²) in [5, 5.41) is 27.5. The fraction of sp³-hybridized carbons (Fsp3) is 1.00. The lowest BCUT2D eigenvalue weighted by Gasteiger charge is -2.30. The van der Waals surface area contributed by atoms with E-state index in [9.17, 15) is 10.2 Å². The molecule has 0 aromatic carbocycles. The van der Waals surface area contributed by atoms with Crippen molar-refractivity contribution in [2.75, 3.05) is 6.61 Å². The Bertz CT molecular complexity index is 99.5. The van der Waals surface area contributed by atoms with Gasteiger partial charge in [0.15, 0.2) is 0 Å². The molecule has 0 aromatic heterocycles. The van der Waals surface area contributed by atoms with Crippen LogP contribution in [0.1, 0.15) is 33.1 Å². The third-order valence-corrected chi connectivity index (χ3v) is 2.25. The molecule has 11 heavy (non-hydrogen) atoms. The van der Waals surface area contributed by atoms with E-state index in [1.165, 1.54) is 0 Å². The number of aliphatic hydroxyl groups excluding tert-OH is 2. The van der Waals surface area contributed by atoms with E-state index in [4.69, 9.17) is 5.11 Å². The molecule has 0 amide bonds. The summed E-state index contributed by atoms with van der Waals surface area (Å²) in [7, 11) is 0. The molecule has 0 unspecified atom stereocenters. The molecule has 0 fully saturated rings. The molecule has 0 aromatic rings. The van der Waals surface area contributed by atoms with Gasteiger partial charge in [-0.15, -0.1) is 0 Å². The molecule has 0 aliphatic heterocycles. The first-order valence-corrected chi connectivity index (χ1v) is 4.12. The maximum absolute atomic E-state index is 9.67. The Morgan fingerprint density at radius 2 is 1.73 bits per heavy atom. The average molecular weight is 162 g/mol. The Kier molecular flexibility index (Phi) is 4.65. The lowest BCUT2D eigenvalue weighted by molar-refractivity contribution is -0.0871. The fourth-order valence-corrected chi connectivity index (χ4v) is 1.11. The minimum absolute atomic E-state index is 0.0799. The first-order chi connectivity index (χ1) is 5.10. The molecule has 0 aliphatic carbocycles. The molecule has 3 heteroatoms. The van der Waals surface area contributed by atoms with E-state index in [1.54, 1.807) is 0 Å². The second kappa shape index (κ2) is 4.70. The Balaban J connectivity index is 4.00. The van der Waals surface area contributed by atoms with Crippen LogP contribution >= 0.6 is 0 Å². The van der Waals surface area contributed by atoms with Crippen molar-refractivity contribution in [3.05, 3.63) is 0 Å². The summed E-state index contributed by atoms with van der Waals surface area (Å²) < 4.78 is 0. The highest BCUT2D eigenvalue weighted by Crippen LogP contribution is 2.21. The minimum atomic E-state index is -1.01. The second-order valence-corrected chi connectivity index (χ2v) is 2.84. The van der Waals surface area contributed by atoms with Gasteiger partial charge in [0.1, 0.15) is 0 Å². The van der Waals surface area contributed by atoms with Crippen LogP contribution in [0, 0.1) is 0 Å². The number of rotatable bonds is 5. The summed E-state index contributed by atoms with van der Waals surface area (Å²) in [4.78, 5) is 0. The number of hydrogen-bond donors (Lipinski definition) is 3. The van der Waals surface area contributed by atoms with Crippen LogP contribution in [0.2, 0.25) is 0 Å². The molecule has 1 atom stereocenters. The summed E-state index contributed by atoms with van der Waals surface area (Å²) in [5.74, 6) is 0. The Morgan fingerprint density at radius 3 is 2.00 bits per heavy atom. The van der Waals surface area contributed by atoms with E-state index < -0.39 is 11.7 Å². The highest BCUT2D eigenvalue weighted by molar-refractivity contribution is 4.83. The zero-order chi connectivity index (χ0) is 8.91. The van der Waals surface area contributed by atoms with E-state index in [-0.39, 0.29) is 13.0 Å².